The highest BCUT2D eigenvalue weighted by atomic mass is 16.5. The highest BCUT2D eigenvalue weighted by molar-refractivity contribution is 5.78. The van der Waals surface area contributed by atoms with Gasteiger partial charge in [0.15, 0.2) is 0 Å². The molecule has 2 rings (SSSR count). The summed E-state index contributed by atoms with van der Waals surface area (Å²) in [7, 11) is 1.64. The van der Waals surface area contributed by atoms with Crippen LogP contribution < -0.4 is 10.1 Å². The van der Waals surface area contributed by atoms with Crippen molar-refractivity contribution in [3.63, 3.8) is 0 Å². The first-order valence-electron chi connectivity index (χ1n) is 9.20. The maximum atomic E-state index is 12.2. The molecule has 0 bridgehead atoms. The Morgan fingerprint density at radius 1 is 1.04 bits per heavy atom. The predicted molar refractivity (Wildman–Crippen MR) is 107 cm³/mol. The normalized spacial score (nSPS) is 10.3. The molecule has 0 aliphatic heterocycles. The molecule has 2 aromatic carbocycles. The van der Waals surface area contributed by atoms with Gasteiger partial charge in [0.05, 0.1) is 7.11 Å². The topological polar surface area (TPSA) is 58.6 Å². The van der Waals surface area contributed by atoms with E-state index in [1.165, 1.54) is 6.92 Å². The summed E-state index contributed by atoms with van der Waals surface area (Å²) >= 11 is 0. The zero-order valence-corrected chi connectivity index (χ0v) is 16.3. The van der Waals surface area contributed by atoms with Gasteiger partial charge in [-0.2, -0.15) is 0 Å². The molecular formula is C22H28N2O3. The summed E-state index contributed by atoms with van der Waals surface area (Å²) in [6, 6.07) is 15.8. The van der Waals surface area contributed by atoms with E-state index in [1.54, 1.807) is 12.0 Å². The summed E-state index contributed by atoms with van der Waals surface area (Å²) in [5.41, 5.74) is 3.31. The van der Waals surface area contributed by atoms with Gasteiger partial charge in [0.1, 0.15) is 5.75 Å². The SMILES string of the molecule is COc1ccccc1CCNC(=O)CCN(Cc1ccccc1C)C(C)=O. The second-order valence-electron chi connectivity index (χ2n) is 6.53. The molecule has 5 heteroatoms. The van der Waals surface area contributed by atoms with Gasteiger partial charge in [-0.15, -0.1) is 0 Å². The molecule has 0 atom stereocenters. The predicted octanol–water partition coefficient (Wildman–Crippen LogP) is 3.10. The Balaban J connectivity index is 1.80. The standard InChI is InChI=1S/C22H28N2O3/c1-17-8-4-5-10-20(17)16-24(18(2)25)15-13-22(26)23-14-12-19-9-6-7-11-21(19)27-3/h4-11H,12-16H2,1-3H3,(H,23,26). The van der Waals surface area contributed by atoms with Gasteiger partial charge in [-0.05, 0) is 36.1 Å². The van der Waals surface area contributed by atoms with Gasteiger partial charge in [0.2, 0.25) is 11.8 Å². The van der Waals surface area contributed by atoms with Crippen LogP contribution in [0.3, 0.4) is 0 Å². The van der Waals surface area contributed by atoms with Gasteiger partial charge in [0.25, 0.3) is 0 Å². The molecule has 0 unspecified atom stereocenters. The van der Waals surface area contributed by atoms with Crippen LogP contribution in [-0.4, -0.2) is 36.9 Å². The fraction of sp³-hybridized carbons (Fsp3) is 0.364. The van der Waals surface area contributed by atoms with Crippen molar-refractivity contribution in [1.82, 2.24) is 10.2 Å². The van der Waals surface area contributed by atoms with Crippen LogP contribution in [0, 0.1) is 6.92 Å². The number of carbonyl (C=O) groups is 2. The third-order valence-electron chi connectivity index (χ3n) is 4.59. The third-order valence-corrected chi connectivity index (χ3v) is 4.59. The molecule has 0 aromatic heterocycles. The van der Waals surface area contributed by atoms with Gasteiger partial charge in [-0.3, -0.25) is 9.59 Å². The van der Waals surface area contributed by atoms with E-state index in [1.807, 2.05) is 55.5 Å². The molecular weight excluding hydrogens is 340 g/mol. The zero-order chi connectivity index (χ0) is 19.6. The summed E-state index contributed by atoms with van der Waals surface area (Å²) < 4.78 is 5.32. The Morgan fingerprint density at radius 2 is 1.70 bits per heavy atom. The maximum absolute atomic E-state index is 12.2. The second-order valence-corrected chi connectivity index (χ2v) is 6.53. The van der Waals surface area contributed by atoms with Gasteiger partial charge in [-0.25, -0.2) is 0 Å². The van der Waals surface area contributed by atoms with Crippen molar-refractivity contribution in [2.24, 2.45) is 0 Å². The smallest absolute Gasteiger partial charge is 0.221 e. The average Bonchev–Trinajstić information content (AvgIpc) is 2.66. The quantitative estimate of drug-likeness (QED) is 0.740. The maximum Gasteiger partial charge on any atom is 0.221 e. The lowest BCUT2D eigenvalue weighted by Crippen LogP contribution is -2.34. The van der Waals surface area contributed by atoms with Crippen LogP contribution >= 0.6 is 0 Å². The third kappa shape index (κ3) is 6.44. The molecule has 0 fully saturated rings. The van der Waals surface area contributed by atoms with Crippen LogP contribution in [0.25, 0.3) is 0 Å². The first kappa shape index (κ1) is 20.5. The first-order valence-corrected chi connectivity index (χ1v) is 9.20. The van der Waals surface area contributed by atoms with Crippen molar-refractivity contribution < 1.29 is 14.3 Å². The van der Waals surface area contributed by atoms with E-state index >= 15 is 0 Å². The van der Waals surface area contributed by atoms with E-state index < -0.39 is 0 Å². The molecule has 0 aliphatic rings. The number of aryl methyl sites for hydroxylation is 1. The summed E-state index contributed by atoms with van der Waals surface area (Å²) in [6.45, 7) is 5.04. The number of hydrogen-bond donors (Lipinski definition) is 1. The lowest BCUT2D eigenvalue weighted by molar-refractivity contribution is -0.130. The van der Waals surface area contributed by atoms with Gasteiger partial charge in [0, 0.05) is 33.0 Å². The lowest BCUT2D eigenvalue weighted by atomic mass is 10.1. The highest BCUT2D eigenvalue weighted by Crippen LogP contribution is 2.17. The first-order chi connectivity index (χ1) is 13.0. The number of hydrogen-bond acceptors (Lipinski definition) is 3. The Morgan fingerprint density at radius 3 is 2.37 bits per heavy atom. The van der Waals surface area contributed by atoms with E-state index in [9.17, 15) is 9.59 Å². The number of nitrogens with one attached hydrogen (secondary N) is 1. The van der Waals surface area contributed by atoms with E-state index in [4.69, 9.17) is 4.74 Å². The molecule has 0 spiro atoms. The molecule has 2 aromatic rings. The molecule has 0 saturated heterocycles. The molecule has 0 saturated carbocycles. The Kier molecular flexibility index (Phi) is 7.86. The van der Waals surface area contributed by atoms with Crippen molar-refractivity contribution >= 4 is 11.8 Å². The minimum atomic E-state index is -0.0547. The largest absolute Gasteiger partial charge is 0.496 e. The minimum Gasteiger partial charge on any atom is -0.496 e. The number of nitrogens with zero attached hydrogens (tertiary/aromatic N) is 1. The zero-order valence-electron chi connectivity index (χ0n) is 16.3. The molecule has 0 aliphatic carbocycles. The fourth-order valence-corrected chi connectivity index (χ4v) is 2.91. The Bertz CT molecular complexity index is 774. The lowest BCUT2D eigenvalue weighted by Gasteiger charge is -2.22. The van der Waals surface area contributed by atoms with Crippen LogP contribution in [0.5, 0.6) is 5.75 Å². The van der Waals surface area contributed by atoms with Crippen LogP contribution in [0.2, 0.25) is 0 Å². The second kappa shape index (κ2) is 10.4. The van der Waals surface area contributed by atoms with Crippen molar-refractivity contribution in [1.29, 1.82) is 0 Å². The minimum absolute atomic E-state index is 0.0277. The van der Waals surface area contributed by atoms with Crippen LogP contribution in [0.4, 0.5) is 0 Å². The Labute approximate surface area is 161 Å². The number of para-hydroxylation sites is 1. The van der Waals surface area contributed by atoms with Crippen molar-refractivity contribution in [2.75, 3.05) is 20.2 Å². The molecule has 0 radical (unpaired) electrons. The number of methoxy groups -OCH3 is 1. The fourth-order valence-electron chi connectivity index (χ4n) is 2.91. The van der Waals surface area contributed by atoms with E-state index in [0.717, 1.165) is 22.4 Å². The monoisotopic (exact) mass is 368 g/mol. The molecule has 5 nitrogen and oxygen atoms in total. The summed E-state index contributed by atoms with van der Waals surface area (Å²) in [6.07, 6.45) is 0.993. The van der Waals surface area contributed by atoms with Gasteiger partial charge >= 0.3 is 0 Å². The van der Waals surface area contributed by atoms with E-state index in [-0.39, 0.29) is 18.2 Å². The molecule has 27 heavy (non-hydrogen) atoms. The number of carbonyl (C=O) groups excluding carboxylic acids is 2. The summed E-state index contributed by atoms with van der Waals surface area (Å²) in [5, 5.41) is 2.92. The van der Waals surface area contributed by atoms with Gasteiger partial charge in [-0.1, -0.05) is 42.5 Å². The van der Waals surface area contributed by atoms with Crippen molar-refractivity contribution in [2.45, 2.75) is 33.2 Å². The average molecular weight is 368 g/mol. The number of rotatable bonds is 9. The summed E-state index contributed by atoms with van der Waals surface area (Å²) in [5.74, 6) is 0.744. The molecule has 1 N–H and O–H groups in total. The van der Waals surface area contributed by atoms with E-state index in [0.29, 0.717) is 26.1 Å². The number of benzene rings is 2. The number of ether oxygens (including phenoxy) is 1. The van der Waals surface area contributed by atoms with Crippen LogP contribution in [0.1, 0.15) is 30.0 Å². The number of amides is 2. The van der Waals surface area contributed by atoms with Gasteiger partial charge < -0.3 is 15.0 Å². The summed E-state index contributed by atoms with van der Waals surface area (Å²) in [4.78, 5) is 25.8. The molecule has 2 amide bonds. The molecule has 144 valence electrons. The highest BCUT2D eigenvalue weighted by Gasteiger charge is 2.13. The van der Waals surface area contributed by atoms with Crippen molar-refractivity contribution in [3.8, 4) is 5.75 Å². The van der Waals surface area contributed by atoms with Crippen LogP contribution in [0.15, 0.2) is 48.5 Å². The van der Waals surface area contributed by atoms with E-state index in [2.05, 4.69) is 5.32 Å². The van der Waals surface area contributed by atoms with Crippen molar-refractivity contribution in [3.05, 3.63) is 65.2 Å². The molecule has 0 heterocycles. The van der Waals surface area contributed by atoms with Crippen LogP contribution in [-0.2, 0) is 22.6 Å². The Hall–Kier alpha value is -2.82.